The smallest absolute Gasteiger partial charge is 0.250 e. The molecular weight excluding hydrogens is 354 g/mol. The zero-order valence-corrected chi connectivity index (χ0v) is 15.7. The molecule has 0 bridgehead atoms. The van der Waals surface area contributed by atoms with Gasteiger partial charge in [0.15, 0.2) is 4.75 Å². The number of hydrogen-bond donors (Lipinski definition) is 2. The van der Waals surface area contributed by atoms with E-state index in [4.69, 9.17) is 0 Å². The Morgan fingerprint density at radius 2 is 2.12 bits per heavy atom. The second-order valence-electron chi connectivity index (χ2n) is 5.85. The fourth-order valence-electron chi connectivity index (χ4n) is 2.75. The number of amides is 2. The van der Waals surface area contributed by atoms with E-state index in [1.807, 2.05) is 38.1 Å². The zero-order valence-electron chi connectivity index (χ0n) is 14.1. The molecule has 2 aromatic rings. The number of aryl methyl sites for hydroxylation is 1. The van der Waals surface area contributed by atoms with Crippen molar-refractivity contribution in [1.82, 2.24) is 0 Å². The third-order valence-corrected chi connectivity index (χ3v) is 6.64. The van der Waals surface area contributed by atoms with Crippen LogP contribution in [0.4, 0.5) is 10.7 Å². The fourth-order valence-corrected chi connectivity index (χ4v) is 4.94. The Morgan fingerprint density at radius 1 is 1.40 bits per heavy atom. The van der Waals surface area contributed by atoms with Gasteiger partial charge in [-0.05, 0) is 38.0 Å². The van der Waals surface area contributed by atoms with Crippen molar-refractivity contribution >= 4 is 45.6 Å². The number of fused-ring (bicyclic) bond motifs is 1. The minimum Gasteiger partial charge on any atom is -0.323 e. The number of carbonyl (C=O) groups excluding carboxylic acids is 2. The van der Waals surface area contributed by atoms with E-state index in [0.717, 1.165) is 21.8 Å². The first-order chi connectivity index (χ1) is 11.9. The van der Waals surface area contributed by atoms with Gasteiger partial charge >= 0.3 is 0 Å². The van der Waals surface area contributed by atoms with Crippen LogP contribution in [0.5, 0.6) is 0 Å². The topological polar surface area (TPSA) is 82.0 Å². The van der Waals surface area contributed by atoms with Crippen LogP contribution >= 0.6 is 23.1 Å². The first-order valence-electron chi connectivity index (χ1n) is 7.84. The molecule has 1 aliphatic rings. The number of hydrogen-bond acceptors (Lipinski definition) is 5. The van der Waals surface area contributed by atoms with Gasteiger partial charge in [0.25, 0.3) is 5.91 Å². The molecule has 2 amide bonds. The highest BCUT2D eigenvalue weighted by atomic mass is 32.2. The molecule has 5 nitrogen and oxygen atoms in total. The lowest BCUT2D eigenvalue weighted by atomic mass is 10.1. The highest BCUT2D eigenvalue weighted by Crippen LogP contribution is 2.43. The predicted octanol–water partition coefficient (Wildman–Crippen LogP) is 3.93. The van der Waals surface area contributed by atoms with Gasteiger partial charge in [0.05, 0.1) is 11.3 Å². The van der Waals surface area contributed by atoms with Gasteiger partial charge in [-0.1, -0.05) is 30.8 Å². The van der Waals surface area contributed by atoms with Crippen molar-refractivity contribution in [2.75, 3.05) is 10.6 Å². The Balaban J connectivity index is 1.92. The summed E-state index contributed by atoms with van der Waals surface area (Å²) in [7, 11) is 0. The summed E-state index contributed by atoms with van der Waals surface area (Å²) in [5.74, 6) is -0.791. The maximum Gasteiger partial charge on any atom is 0.250 e. The number of carbonyl (C=O) groups is 2. The maximum atomic E-state index is 12.9. The number of nitrogens with one attached hydrogen (secondary N) is 2. The Bertz CT molecular complexity index is 914. The summed E-state index contributed by atoms with van der Waals surface area (Å²) in [5.41, 5.74) is 2.14. The van der Waals surface area contributed by atoms with Gasteiger partial charge < -0.3 is 10.6 Å². The van der Waals surface area contributed by atoms with Crippen molar-refractivity contribution in [2.24, 2.45) is 0 Å². The molecule has 0 radical (unpaired) electrons. The van der Waals surface area contributed by atoms with Crippen LogP contribution < -0.4 is 10.6 Å². The molecule has 0 spiro atoms. The molecule has 128 valence electrons. The number of para-hydroxylation sites is 1. The summed E-state index contributed by atoms with van der Waals surface area (Å²) in [4.78, 5) is 27.3. The van der Waals surface area contributed by atoms with Crippen molar-refractivity contribution in [3.8, 4) is 6.07 Å². The molecule has 0 fully saturated rings. The summed E-state index contributed by atoms with van der Waals surface area (Å²) < 4.78 is -1.30. The van der Waals surface area contributed by atoms with E-state index >= 15 is 0 Å². The SMILES string of the molecule is CCc1c(C)sc(NC(=O)C2(C)Sc3ccccc3NC2=O)c1C#N. The molecule has 25 heavy (non-hydrogen) atoms. The van der Waals surface area contributed by atoms with E-state index < -0.39 is 10.7 Å². The first kappa shape index (κ1) is 17.5. The molecule has 0 saturated heterocycles. The van der Waals surface area contributed by atoms with E-state index in [-0.39, 0.29) is 5.91 Å². The third-order valence-electron chi connectivity index (χ3n) is 4.22. The Kier molecular flexibility index (Phi) is 4.58. The predicted molar refractivity (Wildman–Crippen MR) is 101 cm³/mol. The van der Waals surface area contributed by atoms with Crippen molar-refractivity contribution in [2.45, 2.75) is 36.8 Å². The average Bonchev–Trinajstić information content (AvgIpc) is 2.90. The maximum absolute atomic E-state index is 12.9. The molecular formula is C18H17N3O2S2. The largest absolute Gasteiger partial charge is 0.323 e. The monoisotopic (exact) mass is 371 g/mol. The number of benzene rings is 1. The van der Waals surface area contributed by atoms with Gasteiger partial charge in [-0.15, -0.1) is 11.3 Å². The highest BCUT2D eigenvalue weighted by Gasteiger charge is 2.46. The van der Waals surface area contributed by atoms with E-state index in [0.29, 0.717) is 16.3 Å². The number of anilines is 2. The van der Waals surface area contributed by atoms with E-state index in [2.05, 4.69) is 16.7 Å². The van der Waals surface area contributed by atoms with Gasteiger partial charge in [-0.25, -0.2) is 0 Å². The second kappa shape index (κ2) is 6.54. The van der Waals surface area contributed by atoms with Gasteiger partial charge in [-0.2, -0.15) is 5.26 Å². The van der Waals surface area contributed by atoms with Crippen molar-refractivity contribution < 1.29 is 9.59 Å². The molecule has 3 rings (SSSR count). The van der Waals surface area contributed by atoms with Crippen molar-refractivity contribution in [1.29, 1.82) is 5.26 Å². The van der Waals surface area contributed by atoms with Gasteiger partial charge in [-0.3, -0.25) is 9.59 Å². The molecule has 1 aliphatic heterocycles. The zero-order chi connectivity index (χ0) is 18.2. The van der Waals surface area contributed by atoms with Crippen LogP contribution in [0.25, 0.3) is 0 Å². The van der Waals surface area contributed by atoms with Gasteiger partial charge in [0, 0.05) is 9.77 Å². The summed E-state index contributed by atoms with van der Waals surface area (Å²) >= 11 is 2.60. The van der Waals surface area contributed by atoms with E-state index in [9.17, 15) is 14.9 Å². The Labute approximate surface area is 154 Å². The molecule has 1 aromatic heterocycles. The molecule has 2 N–H and O–H groups in total. The Hall–Kier alpha value is -2.30. The molecule has 2 heterocycles. The Morgan fingerprint density at radius 3 is 2.80 bits per heavy atom. The summed E-state index contributed by atoms with van der Waals surface area (Å²) in [5, 5.41) is 15.5. The van der Waals surface area contributed by atoms with E-state index in [1.54, 1.807) is 6.92 Å². The molecule has 1 unspecified atom stereocenters. The number of nitrogens with zero attached hydrogens (tertiary/aromatic N) is 1. The second-order valence-corrected chi connectivity index (χ2v) is 8.53. The van der Waals surface area contributed by atoms with Gasteiger partial charge in [0.1, 0.15) is 11.1 Å². The van der Waals surface area contributed by atoms with Crippen LogP contribution in [0, 0.1) is 18.3 Å². The van der Waals surface area contributed by atoms with Crippen LogP contribution in [0.1, 0.15) is 29.9 Å². The number of thiophene rings is 1. The molecule has 7 heteroatoms. The first-order valence-corrected chi connectivity index (χ1v) is 9.47. The lowest BCUT2D eigenvalue weighted by molar-refractivity contribution is -0.126. The van der Waals surface area contributed by atoms with Crippen LogP contribution in [0.15, 0.2) is 29.2 Å². The minimum absolute atomic E-state index is 0.365. The van der Waals surface area contributed by atoms with E-state index in [1.165, 1.54) is 23.1 Å². The highest BCUT2D eigenvalue weighted by molar-refractivity contribution is 8.02. The molecule has 1 aromatic carbocycles. The molecule has 1 atom stereocenters. The molecule has 0 aliphatic carbocycles. The quantitative estimate of drug-likeness (QED) is 0.801. The summed E-state index contributed by atoms with van der Waals surface area (Å²) in [6, 6.07) is 9.55. The summed E-state index contributed by atoms with van der Waals surface area (Å²) in [6.45, 7) is 5.51. The standard InChI is InChI=1S/C18H17N3O2S2/c1-4-11-10(2)24-15(12(11)9-19)21-17(23)18(3)16(22)20-13-7-5-6-8-14(13)25-18/h5-8H,4H2,1-3H3,(H,20,22)(H,21,23). The van der Waals surface area contributed by atoms with Gasteiger partial charge in [0.2, 0.25) is 5.91 Å². The van der Waals surface area contributed by atoms with Crippen LogP contribution in [-0.2, 0) is 16.0 Å². The van der Waals surface area contributed by atoms with Crippen molar-refractivity contribution in [3.63, 3.8) is 0 Å². The number of thioether (sulfide) groups is 1. The average molecular weight is 371 g/mol. The van der Waals surface area contributed by atoms with Crippen LogP contribution in [-0.4, -0.2) is 16.6 Å². The molecule has 0 saturated carbocycles. The lowest BCUT2D eigenvalue weighted by Gasteiger charge is -2.31. The number of nitriles is 1. The number of rotatable bonds is 3. The summed E-state index contributed by atoms with van der Waals surface area (Å²) in [6.07, 6.45) is 0.723. The normalized spacial score (nSPS) is 18.9. The lowest BCUT2D eigenvalue weighted by Crippen LogP contribution is -2.49. The third kappa shape index (κ3) is 2.92. The van der Waals surface area contributed by atoms with Crippen LogP contribution in [0.3, 0.4) is 0 Å². The minimum atomic E-state index is -1.30. The van der Waals surface area contributed by atoms with Crippen LogP contribution in [0.2, 0.25) is 0 Å². The van der Waals surface area contributed by atoms with Crippen molar-refractivity contribution in [3.05, 3.63) is 40.3 Å². The fraction of sp³-hybridized carbons (Fsp3) is 0.278.